The van der Waals surface area contributed by atoms with Crippen molar-refractivity contribution in [3.63, 3.8) is 0 Å². The standard InChI is InChI=1S/C12H12N2O4/c1-16-9-5-3-8(4-6-9)13-12(15)10-7-11(17-2)14-18-10/h3-7H,1-2H3,(H,13,15). The molecule has 0 aliphatic carbocycles. The van der Waals surface area contributed by atoms with Gasteiger partial charge in [-0.3, -0.25) is 4.79 Å². The van der Waals surface area contributed by atoms with Gasteiger partial charge in [-0.1, -0.05) is 0 Å². The molecule has 0 aliphatic rings. The predicted octanol–water partition coefficient (Wildman–Crippen LogP) is 1.94. The largest absolute Gasteiger partial charge is 0.497 e. The van der Waals surface area contributed by atoms with Crippen molar-refractivity contribution in [1.29, 1.82) is 0 Å². The first-order chi connectivity index (χ1) is 8.72. The SMILES string of the molecule is COc1ccc(NC(=O)c2cc(OC)no2)cc1. The van der Waals surface area contributed by atoms with Crippen molar-refractivity contribution < 1.29 is 18.8 Å². The summed E-state index contributed by atoms with van der Waals surface area (Å²) in [5.41, 5.74) is 0.635. The average Bonchev–Trinajstić information content (AvgIpc) is 2.88. The van der Waals surface area contributed by atoms with Gasteiger partial charge in [-0.05, 0) is 29.4 Å². The summed E-state index contributed by atoms with van der Waals surface area (Å²) in [5, 5.41) is 6.21. The average molecular weight is 248 g/mol. The second-order valence-electron chi connectivity index (χ2n) is 3.42. The number of rotatable bonds is 4. The zero-order valence-electron chi connectivity index (χ0n) is 9.97. The molecule has 1 amide bonds. The second kappa shape index (κ2) is 5.22. The number of ether oxygens (including phenoxy) is 2. The fraction of sp³-hybridized carbons (Fsp3) is 0.167. The van der Waals surface area contributed by atoms with Crippen LogP contribution in [-0.4, -0.2) is 25.3 Å². The minimum Gasteiger partial charge on any atom is -0.497 e. The third-order valence-electron chi connectivity index (χ3n) is 2.27. The Labute approximate surface area is 103 Å². The van der Waals surface area contributed by atoms with Crippen LogP contribution in [0.1, 0.15) is 10.6 Å². The van der Waals surface area contributed by atoms with Gasteiger partial charge in [-0.25, -0.2) is 0 Å². The summed E-state index contributed by atoms with van der Waals surface area (Å²) in [4.78, 5) is 11.8. The lowest BCUT2D eigenvalue weighted by molar-refractivity contribution is 0.0987. The quantitative estimate of drug-likeness (QED) is 0.895. The first-order valence-corrected chi connectivity index (χ1v) is 5.19. The monoisotopic (exact) mass is 248 g/mol. The molecular weight excluding hydrogens is 236 g/mol. The van der Waals surface area contributed by atoms with E-state index in [0.717, 1.165) is 0 Å². The normalized spacial score (nSPS) is 9.89. The maximum absolute atomic E-state index is 11.8. The number of benzene rings is 1. The third kappa shape index (κ3) is 2.60. The molecule has 2 aromatic rings. The first kappa shape index (κ1) is 12.0. The highest BCUT2D eigenvalue weighted by Crippen LogP contribution is 2.17. The minimum absolute atomic E-state index is 0.0858. The van der Waals surface area contributed by atoms with Gasteiger partial charge >= 0.3 is 0 Å². The van der Waals surface area contributed by atoms with Crippen molar-refractivity contribution in [2.45, 2.75) is 0 Å². The smallest absolute Gasteiger partial charge is 0.294 e. The lowest BCUT2D eigenvalue weighted by Gasteiger charge is -2.03. The molecule has 1 aromatic carbocycles. The highest BCUT2D eigenvalue weighted by Gasteiger charge is 2.13. The van der Waals surface area contributed by atoms with Crippen LogP contribution in [0.25, 0.3) is 0 Å². The molecular formula is C12H12N2O4. The van der Waals surface area contributed by atoms with Gasteiger partial charge < -0.3 is 19.3 Å². The minimum atomic E-state index is -0.393. The van der Waals surface area contributed by atoms with Gasteiger partial charge in [-0.2, -0.15) is 0 Å². The van der Waals surface area contributed by atoms with Gasteiger partial charge in [0, 0.05) is 5.69 Å². The summed E-state index contributed by atoms with van der Waals surface area (Å²) in [7, 11) is 3.03. The molecule has 0 bridgehead atoms. The molecule has 0 saturated carbocycles. The van der Waals surface area contributed by atoms with E-state index in [0.29, 0.717) is 11.4 Å². The predicted molar refractivity (Wildman–Crippen MR) is 64.0 cm³/mol. The fourth-order valence-corrected chi connectivity index (χ4v) is 1.33. The van der Waals surface area contributed by atoms with Gasteiger partial charge in [-0.15, -0.1) is 0 Å². The fourth-order valence-electron chi connectivity index (χ4n) is 1.33. The van der Waals surface area contributed by atoms with E-state index in [4.69, 9.17) is 14.0 Å². The molecule has 6 heteroatoms. The van der Waals surface area contributed by atoms with Crippen molar-refractivity contribution in [3.8, 4) is 11.6 Å². The van der Waals surface area contributed by atoms with E-state index < -0.39 is 5.91 Å². The van der Waals surface area contributed by atoms with E-state index >= 15 is 0 Å². The number of carbonyl (C=O) groups is 1. The van der Waals surface area contributed by atoms with Crippen molar-refractivity contribution in [3.05, 3.63) is 36.1 Å². The maximum atomic E-state index is 11.8. The van der Waals surface area contributed by atoms with Gasteiger partial charge in [0.2, 0.25) is 5.76 Å². The Morgan fingerprint density at radius 1 is 1.22 bits per heavy atom. The zero-order valence-corrected chi connectivity index (χ0v) is 9.97. The highest BCUT2D eigenvalue weighted by molar-refractivity contribution is 6.02. The molecule has 94 valence electrons. The summed E-state index contributed by atoms with van der Waals surface area (Å²) in [6.45, 7) is 0. The number of amides is 1. The second-order valence-corrected chi connectivity index (χ2v) is 3.42. The van der Waals surface area contributed by atoms with Crippen molar-refractivity contribution >= 4 is 11.6 Å². The van der Waals surface area contributed by atoms with Gasteiger partial charge in [0.05, 0.1) is 20.3 Å². The molecule has 18 heavy (non-hydrogen) atoms. The summed E-state index contributed by atoms with van der Waals surface area (Å²) in [6.07, 6.45) is 0. The van der Waals surface area contributed by atoms with Crippen LogP contribution in [0, 0.1) is 0 Å². The first-order valence-electron chi connectivity index (χ1n) is 5.19. The number of aromatic nitrogens is 1. The molecule has 0 unspecified atom stereocenters. The van der Waals surface area contributed by atoms with Gasteiger partial charge in [0.15, 0.2) is 0 Å². The third-order valence-corrected chi connectivity index (χ3v) is 2.27. The Morgan fingerprint density at radius 3 is 2.50 bits per heavy atom. The Morgan fingerprint density at radius 2 is 1.94 bits per heavy atom. The van der Waals surface area contributed by atoms with E-state index in [2.05, 4.69) is 10.5 Å². The lowest BCUT2D eigenvalue weighted by Crippen LogP contribution is -2.10. The Hall–Kier alpha value is -2.50. The van der Waals surface area contributed by atoms with Crippen molar-refractivity contribution in [2.24, 2.45) is 0 Å². The summed E-state index contributed by atoms with van der Waals surface area (Å²) >= 11 is 0. The molecule has 0 saturated heterocycles. The van der Waals surface area contributed by atoms with Gasteiger partial charge in [0.1, 0.15) is 5.75 Å². The topological polar surface area (TPSA) is 73.6 Å². The van der Waals surface area contributed by atoms with Crippen LogP contribution in [-0.2, 0) is 0 Å². The van der Waals surface area contributed by atoms with Crippen LogP contribution in [0.15, 0.2) is 34.9 Å². The maximum Gasteiger partial charge on any atom is 0.294 e. The van der Waals surface area contributed by atoms with Crippen LogP contribution in [0.3, 0.4) is 0 Å². The molecule has 0 aliphatic heterocycles. The number of nitrogens with one attached hydrogen (secondary N) is 1. The molecule has 1 heterocycles. The summed E-state index contributed by atoms with van der Waals surface area (Å²) in [6, 6.07) is 8.36. The van der Waals surface area contributed by atoms with Crippen molar-refractivity contribution in [2.75, 3.05) is 19.5 Å². The number of carbonyl (C=O) groups excluding carboxylic acids is 1. The Balaban J connectivity index is 2.06. The van der Waals surface area contributed by atoms with Gasteiger partial charge in [0.25, 0.3) is 11.8 Å². The number of hydrogen-bond donors (Lipinski definition) is 1. The number of methoxy groups -OCH3 is 2. The molecule has 1 N–H and O–H groups in total. The van der Waals surface area contributed by atoms with E-state index in [1.807, 2.05) is 0 Å². The highest BCUT2D eigenvalue weighted by atomic mass is 16.5. The lowest BCUT2D eigenvalue weighted by atomic mass is 10.3. The molecule has 0 spiro atoms. The van der Waals surface area contributed by atoms with Crippen LogP contribution in [0.4, 0.5) is 5.69 Å². The summed E-state index contributed by atoms with van der Waals surface area (Å²) < 4.78 is 14.7. The Kier molecular flexibility index (Phi) is 3.47. The molecule has 0 fully saturated rings. The van der Waals surface area contributed by atoms with E-state index in [1.54, 1.807) is 31.4 Å². The van der Waals surface area contributed by atoms with Crippen LogP contribution in [0.2, 0.25) is 0 Å². The van der Waals surface area contributed by atoms with E-state index in [-0.39, 0.29) is 11.6 Å². The van der Waals surface area contributed by atoms with E-state index in [9.17, 15) is 4.79 Å². The summed E-state index contributed by atoms with van der Waals surface area (Å²) in [5.74, 6) is 0.669. The van der Waals surface area contributed by atoms with E-state index in [1.165, 1.54) is 13.2 Å². The van der Waals surface area contributed by atoms with Crippen LogP contribution in [0.5, 0.6) is 11.6 Å². The molecule has 2 rings (SSSR count). The molecule has 0 radical (unpaired) electrons. The molecule has 0 atom stereocenters. The van der Waals surface area contributed by atoms with Crippen molar-refractivity contribution in [1.82, 2.24) is 5.16 Å². The molecule has 1 aromatic heterocycles. The Bertz CT molecular complexity index is 533. The number of hydrogen-bond acceptors (Lipinski definition) is 5. The molecule has 6 nitrogen and oxygen atoms in total. The van der Waals surface area contributed by atoms with Crippen LogP contribution < -0.4 is 14.8 Å². The van der Waals surface area contributed by atoms with Crippen LogP contribution >= 0.6 is 0 Å². The number of anilines is 1. The number of nitrogens with zero attached hydrogens (tertiary/aromatic N) is 1. The zero-order chi connectivity index (χ0) is 13.0.